The van der Waals surface area contributed by atoms with E-state index in [2.05, 4.69) is 10.5 Å². The van der Waals surface area contributed by atoms with Gasteiger partial charge in [0.15, 0.2) is 5.76 Å². The van der Waals surface area contributed by atoms with Gasteiger partial charge in [0.05, 0.1) is 10.7 Å². The number of nitrogens with zero attached hydrogens (tertiary/aromatic N) is 1. The molecule has 106 valence electrons. The monoisotopic (exact) mass is 296 g/mol. The van der Waals surface area contributed by atoms with E-state index in [-0.39, 0.29) is 11.6 Å². The second kappa shape index (κ2) is 5.81. The molecule has 0 spiro atoms. The third-order valence-corrected chi connectivity index (χ3v) is 3.32. The van der Waals surface area contributed by atoms with Crippen molar-refractivity contribution in [3.8, 4) is 5.75 Å². The number of ether oxygens (including phenoxy) is 1. The largest absolute Gasteiger partial charge is 0.484 e. The first kappa shape index (κ1) is 13.4. The van der Waals surface area contributed by atoms with E-state index in [0.29, 0.717) is 24.1 Å². The zero-order chi connectivity index (χ0) is 13.9. The van der Waals surface area contributed by atoms with Gasteiger partial charge in [-0.1, -0.05) is 16.8 Å². The lowest BCUT2D eigenvalue weighted by Crippen LogP contribution is -2.15. The lowest BCUT2D eigenvalue weighted by molar-refractivity contribution is 0.248. The second-order valence-corrected chi connectivity index (χ2v) is 5.21. The molecular weight excluding hydrogens is 283 g/mol. The molecule has 0 radical (unpaired) electrons. The molecule has 0 bridgehead atoms. The van der Waals surface area contributed by atoms with E-state index in [1.54, 1.807) is 0 Å². The minimum absolute atomic E-state index is 0.210. The number of benzene rings is 1. The zero-order valence-corrected chi connectivity index (χ0v) is 11.5. The summed E-state index contributed by atoms with van der Waals surface area (Å²) in [6.45, 7) is 0.910. The molecule has 1 aliphatic rings. The van der Waals surface area contributed by atoms with Gasteiger partial charge in [-0.15, -0.1) is 0 Å². The Morgan fingerprint density at radius 1 is 1.40 bits per heavy atom. The van der Waals surface area contributed by atoms with Crippen LogP contribution in [0.1, 0.15) is 24.3 Å². The molecule has 3 rings (SSSR count). The van der Waals surface area contributed by atoms with Gasteiger partial charge in [-0.3, -0.25) is 0 Å². The summed E-state index contributed by atoms with van der Waals surface area (Å²) in [5.41, 5.74) is 0.848. The Hall–Kier alpha value is -1.59. The number of halogens is 2. The maximum Gasteiger partial charge on any atom is 0.174 e. The Kier molecular flexibility index (Phi) is 3.89. The van der Waals surface area contributed by atoms with Crippen molar-refractivity contribution in [2.45, 2.75) is 32.0 Å². The molecule has 1 aromatic heterocycles. The first-order valence-electron chi connectivity index (χ1n) is 6.46. The van der Waals surface area contributed by atoms with Crippen LogP contribution in [0.4, 0.5) is 4.39 Å². The number of nitrogens with one attached hydrogen (secondary N) is 1. The molecule has 0 unspecified atom stereocenters. The van der Waals surface area contributed by atoms with Crippen LogP contribution in [-0.4, -0.2) is 11.2 Å². The fraction of sp³-hybridized carbons (Fsp3) is 0.357. The molecule has 2 aromatic rings. The van der Waals surface area contributed by atoms with Crippen LogP contribution in [0.3, 0.4) is 0 Å². The fourth-order valence-electron chi connectivity index (χ4n) is 1.78. The Balaban J connectivity index is 1.54. The Morgan fingerprint density at radius 3 is 3.00 bits per heavy atom. The van der Waals surface area contributed by atoms with Gasteiger partial charge in [0, 0.05) is 18.7 Å². The van der Waals surface area contributed by atoms with Gasteiger partial charge in [-0.2, -0.15) is 0 Å². The fourth-order valence-corrected chi connectivity index (χ4v) is 2.01. The predicted octanol–water partition coefficient (Wildman–Crippen LogP) is 3.30. The average molecular weight is 297 g/mol. The van der Waals surface area contributed by atoms with E-state index in [1.165, 1.54) is 31.0 Å². The Bertz CT molecular complexity index is 599. The summed E-state index contributed by atoms with van der Waals surface area (Å²) in [4.78, 5) is 0. The summed E-state index contributed by atoms with van der Waals surface area (Å²) >= 11 is 5.87. The summed E-state index contributed by atoms with van der Waals surface area (Å²) in [7, 11) is 0. The van der Waals surface area contributed by atoms with Crippen LogP contribution in [0, 0.1) is 5.82 Å². The topological polar surface area (TPSA) is 47.3 Å². The minimum atomic E-state index is -0.393. The van der Waals surface area contributed by atoms with E-state index in [9.17, 15) is 4.39 Å². The molecular formula is C14H14ClFN2O2. The Labute approximate surface area is 120 Å². The molecule has 1 aromatic carbocycles. The molecule has 0 amide bonds. The number of hydrogen-bond acceptors (Lipinski definition) is 4. The van der Waals surface area contributed by atoms with Crippen LogP contribution in [0.25, 0.3) is 0 Å². The van der Waals surface area contributed by atoms with Crippen LogP contribution in [-0.2, 0) is 13.2 Å². The number of rotatable bonds is 6. The molecule has 1 N–H and O–H groups in total. The number of aromatic nitrogens is 1. The van der Waals surface area contributed by atoms with E-state index < -0.39 is 5.82 Å². The van der Waals surface area contributed by atoms with E-state index in [0.717, 1.165) is 5.69 Å². The average Bonchev–Trinajstić information content (AvgIpc) is 3.14. The second-order valence-electron chi connectivity index (χ2n) is 4.80. The van der Waals surface area contributed by atoms with Crippen molar-refractivity contribution in [2.24, 2.45) is 0 Å². The van der Waals surface area contributed by atoms with Crippen LogP contribution in [0.15, 0.2) is 28.8 Å². The van der Waals surface area contributed by atoms with Crippen molar-refractivity contribution in [1.82, 2.24) is 10.5 Å². The van der Waals surface area contributed by atoms with Crippen molar-refractivity contribution in [1.29, 1.82) is 0 Å². The summed E-state index contributed by atoms with van der Waals surface area (Å²) in [6, 6.07) is 6.47. The van der Waals surface area contributed by atoms with Crippen LogP contribution in [0.5, 0.6) is 5.75 Å². The van der Waals surface area contributed by atoms with E-state index >= 15 is 0 Å². The highest BCUT2D eigenvalue weighted by molar-refractivity contribution is 6.32. The molecule has 20 heavy (non-hydrogen) atoms. The predicted molar refractivity (Wildman–Crippen MR) is 72.1 cm³/mol. The maximum absolute atomic E-state index is 12.9. The molecule has 4 nitrogen and oxygen atoms in total. The first-order chi connectivity index (χ1) is 9.70. The number of hydrogen-bond donors (Lipinski definition) is 1. The summed E-state index contributed by atoms with van der Waals surface area (Å²) < 4.78 is 23.5. The summed E-state index contributed by atoms with van der Waals surface area (Å²) in [5, 5.41) is 7.54. The maximum atomic E-state index is 12.9. The van der Waals surface area contributed by atoms with Crippen LogP contribution < -0.4 is 10.1 Å². The standard InChI is InChI=1S/C14H14ClFN2O2/c15-13-5-9(16)1-4-14(13)19-8-12-6-11(18-20-12)7-17-10-2-3-10/h1,4-6,10,17H,2-3,7-8H2. The molecule has 0 atom stereocenters. The lowest BCUT2D eigenvalue weighted by Gasteiger charge is -2.05. The van der Waals surface area contributed by atoms with E-state index in [1.807, 2.05) is 6.07 Å². The third-order valence-electron chi connectivity index (χ3n) is 3.02. The normalized spacial score (nSPS) is 14.5. The van der Waals surface area contributed by atoms with E-state index in [4.69, 9.17) is 20.9 Å². The third kappa shape index (κ3) is 3.49. The van der Waals surface area contributed by atoms with Gasteiger partial charge in [0.25, 0.3) is 0 Å². The van der Waals surface area contributed by atoms with Gasteiger partial charge in [-0.25, -0.2) is 4.39 Å². The van der Waals surface area contributed by atoms with Gasteiger partial charge in [-0.05, 0) is 31.0 Å². The van der Waals surface area contributed by atoms with Gasteiger partial charge >= 0.3 is 0 Å². The smallest absolute Gasteiger partial charge is 0.174 e. The van der Waals surface area contributed by atoms with Crippen LogP contribution in [0.2, 0.25) is 5.02 Å². The lowest BCUT2D eigenvalue weighted by atomic mass is 10.3. The molecule has 1 heterocycles. The van der Waals surface area contributed by atoms with Crippen molar-refractivity contribution in [2.75, 3.05) is 0 Å². The molecule has 0 aliphatic heterocycles. The molecule has 1 aliphatic carbocycles. The van der Waals surface area contributed by atoms with Crippen molar-refractivity contribution >= 4 is 11.6 Å². The van der Waals surface area contributed by atoms with Gasteiger partial charge in [0.1, 0.15) is 18.2 Å². The van der Waals surface area contributed by atoms with Crippen molar-refractivity contribution in [3.63, 3.8) is 0 Å². The summed E-state index contributed by atoms with van der Waals surface area (Å²) in [6.07, 6.45) is 2.47. The first-order valence-corrected chi connectivity index (χ1v) is 6.84. The molecule has 0 saturated heterocycles. The van der Waals surface area contributed by atoms with Gasteiger partial charge < -0.3 is 14.6 Å². The van der Waals surface area contributed by atoms with Crippen LogP contribution >= 0.6 is 11.6 Å². The van der Waals surface area contributed by atoms with Gasteiger partial charge in [0.2, 0.25) is 0 Å². The SMILES string of the molecule is Fc1ccc(OCc2cc(CNC3CC3)no2)c(Cl)c1. The van der Waals surface area contributed by atoms with Crippen molar-refractivity contribution < 1.29 is 13.7 Å². The summed E-state index contributed by atoms with van der Waals surface area (Å²) in [5.74, 6) is 0.635. The highest BCUT2D eigenvalue weighted by atomic mass is 35.5. The highest BCUT2D eigenvalue weighted by Gasteiger charge is 2.20. The Morgan fingerprint density at radius 2 is 2.25 bits per heavy atom. The molecule has 1 saturated carbocycles. The quantitative estimate of drug-likeness (QED) is 0.888. The zero-order valence-electron chi connectivity index (χ0n) is 10.7. The molecule has 6 heteroatoms. The van der Waals surface area contributed by atoms with Crippen molar-refractivity contribution in [3.05, 3.63) is 46.6 Å². The minimum Gasteiger partial charge on any atom is -0.484 e. The highest BCUT2D eigenvalue weighted by Crippen LogP contribution is 2.25. The molecule has 1 fully saturated rings.